The summed E-state index contributed by atoms with van der Waals surface area (Å²) in [6.07, 6.45) is 5.74. The van der Waals surface area contributed by atoms with Crippen molar-refractivity contribution in [2.75, 3.05) is 17.2 Å². The zero-order valence-corrected chi connectivity index (χ0v) is 22.2. The highest BCUT2D eigenvalue weighted by Crippen LogP contribution is 2.38. The van der Waals surface area contributed by atoms with Gasteiger partial charge in [-0.2, -0.15) is 0 Å². The highest BCUT2D eigenvalue weighted by molar-refractivity contribution is 8.00. The minimum atomic E-state index is -1.03. The fraction of sp³-hybridized carbons (Fsp3) is 0.462. The quantitative estimate of drug-likeness (QED) is 0.273. The lowest BCUT2D eigenvalue weighted by atomic mass is 9.96. The predicted octanol–water partition coefficient (Wildman–Crippen LogP) is 5.51. The van der Waals surface area contributed by atoms with Crippen LogP contribution in [0.15, 0.2) is 29.2 Å². The Labute approximate surface area is 219 Å². The Hall–Kier alpha value is -2.85. The molecule has 0 saturated heterocycles. The molecule has 194 valence electrons. The van der Waals surface area contributed by atoms with E-state index in [2.05, 4.69) is 10.6 Å². The molecule has 2 aromatic rings. The molecule has 10 heteroatoms. The number of aryl methyl sites for hydroxylation is 1. The van der Waals surface area contributed by atoms with Gasteiger partial charge in [-0.3, -0.25) is 14.4 Å². The summed E-state index contributed by atoms with van der Waals surface area (Å²) in [6.45, 7) is 3.83. The van der Waals surface area contributed by atoms with Crippen molar-refractivity contribution >= 4 is 57.5 Å². The van der Waals surface area contributed by atoms with E-state index in [1.165, 1.54) is 29.5 Å². The monoisotopic (exact) mass is 532 g/mol. The molecule has 0 spiro atoms. The first-order valence-corrected chi connectivity index (χ1v) is 13.9. The number of carboxylic acids is 1. The molecule has 0 aliphatic heterocycles. The van der Waals surface area contributed by atoms with E-state index >= 15 is 0 Å². The van der Waals surface area contributed by atoms with Crippen molar-refractivity contribution in [3.05, 3.63) is 40.3 Å². The second-order valence-corrected chi connectivity index (χ2v) is 11.1. The average molecular weight is 533 g/mol. The van der Waals surface area contributed by atoms with Gasteiger partial charge in [-0.1, -0.05) is 18.9 Å². The van der Waals surface area contributed by atoms with Gasteiger partial charge in [0.05, 0.1) is 23.8 Å². The Morgan fingerprint density at radius 1 is 1.08 bits per heavy atom. The number of aliphatic carboxylic acids is 1. The van der Waals surface area contributed by atoms with Crippen molar-refractivity contribution in [2.45, 2.75) is 75.4 Å². The summed E-state index contributed by atoms with van der Waals surface area (Å²) in [6, 6.07) is 7.05. The maximum atomic E-state index is 13.1. The van der Waals surface area contributed by atoms with Gasteiger partial charge in [0.1, 0.15) is 5.00 Å². The molecule has 0 saturated carbocycles. The van der Waals surface area contributed by atoms with Crippen LogP contribution < -0.4 is 10.6 Å². The zero-order valence-electron chi connectivity index (χ0n) is 20.6. The Bertz CT molecular complexity index is 1110. The van der Waals surface area contributed by atoms with Gasteiger partial charge in [-0.05, 0) is 63.3 Å². The first-order valence-electron chi connectivity index (χ1n) is 12.2. The number of amides is 2. The number of rotatable bonds is 10. The maximum absolute atomic E-state index is 13.1. The van der Waals surface area contributed by atoms with Gasteiger partial charge in [0.2, 0.25) is 11.8 Å². The maximum Gasteiger partial charge on any atom is 0.341 e. The van der Waals surface area contributed by atoms with Gasteiger partial charge in [0.25, 0.3) is 0 Å². The highest BCUT2D eigenvalue weighted by atomic mass is 32.2. The summed E-state index contributed by atoms with van der Waals surface area (Å²) < 4.78 is 5.32. The van der Waals surface area contributed by atoms with E-state index in [0.29, 0.717) is 16.3 Å². The summed E-state index contributed by atoms with van der Waals surface area (Å²) in [5.41, 5.74) is 2.04. The zero-order chi connectivity index (χ0) is 26.1. The fourth-order valence-corrected chi connectivity index (χ4v) is 6.20. The normalized spacial score (nSPS) is 14.1. The van der Waals surface area contributed by atoms with Crippen LogP contribution in [0, 0.1) is 0 Å². The molecule has 1 aliphatic carbocycles. The van der Waals surface area contributed by atoms with Crippen LogP contribution in [0.25, 0.3) is 0 Å². The van der Waals surface area contributed by atoms with Crippen molar-refractivity contribution in [3.63, 3.8) is 0 Å². The molecule has 3 N–H and O–H groups in total. The number of carbonyl (C=O) groups excluding carboxylic acids is 3. The van der Waals surface area contributed by atoms with Crippen molar-refractivity contribution in [1.82, 2.24) is 0 Å². The molecule has 2 amide bonds. The summed E-state index contributed by atoms with van der Waals surface area (Å²) in [5, 5.41) is 14.5. The molecule has 1 aromatic carbocycles. The standard InChI is InChI=1S/C26H32N2O6S2/c1-3-34-26(33)23-19-11-6-4-5-7-12-20(19)36-25(23)28-24(32)16(2)35-18-10-8-9-17(15-18)27-21(29)13-14-22(30)31/h8-10,15-16H,3-7,11-14H2,1-2H3,(H,27,29)(H,28,32)(H,30,31). The van der Waals surface area contributed by atoms with E-state index in [9.17, 15) is 19.2 Å². The molecule has 0 bridgehead atoms. The lowest BCUT2D eigenvalue weighted by Crippen LogP contribution is -2.23. The molecule has 1 atom stereocenters. The second kappa shape index (κ2) is 13.5. The number of benzene rings is 1. The highest BCUT2D eigenvalue weighted by Gasteiger charge is 2.27. The number of carboxylic acid groups (broad SMARTS) is 1. The molecular formula is C26H32N2O6S2. The molecule has 36 heavy (non-hydrogen) atoms. The van der Waals surface area contributed by atoms with Gasteiger partial charge in [-0.25, -0.2) is 4.79 Å². The predicted molar refractivity (Wildman–Crippen MR) is 142 cm³/mol. The Morgan fingerprint density at radius 3 is 2.56 bits per heavy atom. The van der Waals surface area contributed by atoms with Crippen LogP contribution in [0.4, 0.5) is 10.7 Å². The molecule has 1 heterocycles. The fourth-order valence-electron chi connectivity index (χ4n) is 3.99. The summed E-state index contributed by atoms with van der Waals surface area (Å²) in [4.78, 5) is 50.4. The topological polar surface area (TPSA) is 122 Å². The van der Waals surface area contributed by atoms with Gasteiger partial charge in [-0.15, -0.1) is 23.1 Å². The minimum absolute atomic E-state index is 0.112. The molecule has 0 fully saturated rings. The van der Waals surface area contributed by atoms with Crippen molar-refractivity contribution < 1.29 is 29.0 Å². The number of nitrogens with one attached hydrogen (secondary N) is 2. The number of carbonyl (C=O) groups is 4. The van der Waals surface area contributed by atoms with E-state index in [1.54, 1.807) is 32.0 Å². The van der Waals surface area contributed by atoms with Crippen molar-refractivity contribution in [2.24, 2.45) is 0 Å². The van der Waals surface area contributed by atoms with E-state index in [1.807, 2.05) is 6.07 Å². The SMILES string of the molecule is CCOC(=O)c1c(NC(=O)C(C)Sc2cccc(NC(=O)CCC(=O)O)c2)sc2c1CCCCCC2. The third-order valence-corrected chi connectivity index (χ3v) is 8.05. The van der Waals surface area contributed by atoms with Gasteiger partial charge < -0.3 is 20.5 Å². The van der Waals surface area contributed by atoms with E-state index in [-0.39, 0.29) is 31.3 Å². The largest absolute Gasteiger partial charge is 0.481 e. The van der Waals surface area contributed by atoms with Crippen LogP contribution >= 0.6 is 23.1 Å². The van der Waals surface area contributed by atoms with E-state index in [0.717, 1.165) is 47.4 Å². The molecule has 0 radical (unpaired) electrons. The number of esters is 1. The van der Waals surface area contributed by atoms with Crippen LogP contribution in [0.5, 0.6) is 0 Å². The van der Waals surface area contributed by atoms with Crippen LogP contribution in [0.3, 0.4) is 0 Å². The molecule has 1 aromatic heterocycles. The minimum Gasteiger partial charge on any atom is -0.481 e. The number of fused-ring (bicyclic) bond motifs is 1. The van der Waals surface area contributed by atoms with Crippen LogP contribution in [-0.2, 0) is 32.0 Å². The first-order chi connectivity index (χ1) is 17.3. The Morgan fingerprint density at radius 2 is 1.83 bits per heavy atom. The number of thioether (sulfide) groups is 1. The number of hydrogen-bond donors (Lipinski definition) is 3. The Balaban J connectivity index is 1.70. The molecular weight excluding hydrogens is 500 g/mol. The number of thiophene rings is 1. The smallest absolute Gasteiger partial charge is 0.341 e. The van der Waals surface area contributed by atoms with Crippen molar-refractivity contribution in [1.29, 1.82) is 0 Å². The van der Waals surface area contributed by atoms with E-state index < -0.39 is 17.2 Å². The van der Waals surface area contributed by atoms with E-state index in [4.69, 9.17) is 9.84 Å². The second-order valence-electron chi connectivity index (χ2n) is 8.56. The molecule has 3 rings (SSSR count). The number of anilines is 2. The van der Waals surface area contributed by atoms with Crippen LogP contribution in [0.2, 0.25) is 0 Å². The van der Waals surface area contributed by atoms with Gasteiger partial charge in [0.15, 0.2) is 0 Å². The summed E-state index contributed by atoms with van der Waals surface area (Å²) in [5.74, 6) is -2.03. The lowest BCUT2D eigenvalue weighted by Gasteiger charge is -2.14. The lowest BCUT2D eigenvalue weighted by molar-refractivity contribution is -0.138. The average Bonchev–Trinajstić information content (AvgIpc) is 3.13. The molecule has 8 nitrogen and oxygen atoms in total. The third kappa shape index (κ3) is 7.83. The third-order valence-electron chi connectivity index (χ3n) is 5.75. The van der Waals surface area contributed by atoms with Crippen molar-refractivity contribution in [3.8, 4) is 0 Å². The first kappa shape index (κ1) is 27.7. The van der Waals surface area contributed by atoms with Gasteiger partial charge >= 0.3 is 11.9 Å². The van der Waals surface area contributed by atoms with Crippen LogP contribution in [-0.4, -0.2) is 40.7 Å². The van der Waals surface area contributed by atoms with Crippen LogP contribution in [0.1, 0.15) is 73.2 Å². The molecule has 1 aliphatic rings. The van der Waals surface area contributed by atoms with Gasteiger partial charge in [0, 0.05) is 21.9 Å². The number of hydrogen-bond acceptors (Lipinski definition) is 7. The number of ether oxygens (including phenoxy) is 1. The Kier molecular flexibility index (Phi) is 10.4. The molecule has 1 unspecified atom stereocenters. The summed E-state index contributed by atoms with van der Waals surface area (Å²) >= 11 is 2.80. The summed E-state index contributed by atoms with van der Waals surface area (Å²) in [7, 11) is 0.